The summed E-state index contributed by atoms with van der Waals surface area (Å²) >= 11 is 0. The summed E-state index contributed by atoms with van der Waals surface area (Å²) in [6, 6.07) is 8.57. The number of rotatable bonds is 1. The topological polar surface area (TPSA) is 29.5 Å². The van der Waals surface area contributed by atoms with Crippen molar-refractivity contribution in [3.05, 3.63) is 64.0 Å². The second-order valence-corrected chi connectivity index (χ2v) is 5.83. The van der Waals surface area contributed by atoms with Crippen LogP contribution in [-0.4, -0.2) is 5.11 Å². The van der Waals surface area contributed by atoms with Gasteiger partial charge in [0.2, 0.25) is 0 Å². The third-order valence-corrected chi connectivity index (χ3v) is 4.27. The number of aliphatic hydroxyl groups excluding tert-OH is 1. The summed E-state index contributed by atoms with van der Waals surface area (Å²) in [4.78, 5) is 0. The minimum absolute atomic E-state index is 0.197. The van der Waals surface area contributed by atoms with E-state index in [1.807, 2.05) is 0 Å². The van der Waals surface area contributed by atoms with Gasteiger partial charge in [-0.05, 0) is 61.2 Å². The lowest BCUT2D eigenvalue weighted by atomic mass is 9.90. The molecule has 0 amide bonds. The van der Waals surface area contributed by atoms with Crippen molar-refractivity contribution in [1.82, 2.24) is 0 Å². The molecule has 0 aliphatic carbocycles. The predicted molar refractivity (Wildman–Crippen MR) is 80.0 cm³/mol. The van der Waals surface area contributed by atoms with E-state index >= 15 is 0 Å². The van der Waals surface area contributed by atoms with Gasteiger partial charge in [0.25, 0.3) is 0 Å². The molecule has 0 aromatic heterocycles. The highest BCUT2D eigenvalue weighted by atomic mass is 19.1. The van der Waals surface area contributed by atoms with E-state index in [9.17, 15) is 9.50 Å². The highest BCUT2D eigenvalue weighted by Gasteiger charge is 2.29. The van der Waals surface area contributed by atoms with Crippen molar-refractivity contribution in [3.8, 4) is 5.75 Å². The number of hydrogen-bond acceptors (Lipinski definition) is 2. The molecule has 2 aromatic carbocycles. The largest absolute Gasteiger partial charge is 0.485 e. The van der Waals surface area contributed by atoms with Crippen LogP contribution in [0.2, 0.25) is 0 Å². The molecule has 0 fully saturated rings. The van der Waals surface area contributed by atoms with E-state index in [4.69, 9.17) is 4.74 Å². The van der Waals surface area contributed by atoms with Gasteiger partial charge in [-0.15, -0.1) is 0 Å². The Hall–Kier alpha value is -1.87. The van der Waals surface area contributed by atoms with Crippen LogP contribution in [0.1, 0.15) is 46.4 Å². The van der Waals surface area contributed by atoms with E-state index in [2.05, 4.69) is 32.9 Å². The first kappa shape index (κ1) is 14.1. The van der Waals surface area contributed by atoms with Gasteiger partial charge in [0.05, 0.1) is 6.10 Å². The molecule has 0 bridgehead atoms. The fraction of sp³-hybridized carbons (Fsp3) is 0.333. The summed E-state index contributed by atoms with van der Waals surface area (Å²) in [7, 11) is 0. The van der Waals surface area contributed by atoms with Crippen LogP contribution in [0.25, 0.3) is 0 Å². The molecule has 2 atom stereocenters. The maximum atomic E-state index is 13.3. The Bertz CT molecular complexity index is 694. The number of halogens is 1. The summed E-state index contributed by atoms with van der Waals surface area (Å²) < 4.78 is 19.3. The Morgan fingerprint density at radius 1 is 1.00 bits per heavy atom. The number of aryl methyl sites for hydroxylation is 3. The average Bonchev–Trinajstić information content (AvgIpc) is 2.43. The fourth-order valence-electron chi connectivity index (χ4n) is 2.94. The zero-order valence-corrected chi connectivity index (χ0v) is 12.5. The van der Waals surface area contributed by atoms with Gasteiger partial charge in [-0.2, -0.15) is 0 Å². The molecule has 2 aromatic rings. The number of benzene rings is 2. The number of hydrogen-bond donors (Lipinski definition) is 1. The molecule has 2 nitrogen and oxygen atoms in total. The van der Waals surface area contributed by atoms with E-state index in [0.717, 1.165) is 11.1 Å². The number of fused-ring (bicyclic) bond motifs is 1. The van der Waals surface area contributed by atoms with Gasteiger partial charge in [0.1, 0.15) is 17.7 Å². The monoisotopic (exact) mass is 286 g/mol. The highest BCUT2D eigenvalue weighted by Crippen LogP contribution is 2.42. The lowest BCUT2D eigenvalue weighted by molar-refractivity contribution is 0.0650. The zero-order valence-electron chi connectivity index (χ0n) is 12.5. The summed E-state index contributed by atoms with van der Waals surface area (Å²) in [5.74, 6) is 0.218. The predicted octanol–water partition coefficient (Wildman–Crippen LogP) is 4.31. The molecule has 110 valence electrons. The lowest BCUT2D eigenvalue weighted by Crippen LogP contribution is -2.20. The van der Waals surface area contributed by atoms with E-state index in [1.165, 1.54) is 23.3 Å². The van der Waals surface area contributed by atoms with Crippen molar-refractivity contribution in [2.24, 2.45) is 0 Å². The number of aliphatic hydroxyl groups is 1. The first-order chi connectivity index (χ1) is 9.95. The summed E-state index contributed by atoms with van der Waals surface area (Å²) in [5, 5.41) is 10.3. The van der Waals surface area contributed by atoms with Gasteiger partial charge in [-0.3, -0.25) is 0 Å². The Balaban J connectivity index is 1.99. The van der Waals surface area contributed by atoms with Crippen LogP contribution >= 0.6 is 0 Å². The van der Waals surface area contributed by atoms with Crippen molar-refractivity contribution in [2.75, 3.05) is 0 Å². The third-order valence-electron chi connectivity index (χ3n) is 4.27. The van der Waals surface area contributed by atoms with Crippen molar-refractivity contribution < 1.29 is 14.2 Å². The number of ether oxygens (including phenoxy) is 1. The SMILES string of the molecule is Cc1cc(C)c(C2C[C@@H](O)c3cc(F)ccc3O2)cc1C. The molecule has 0 spiro atoms. The van der Waals surface area contributed by atoms with Crippen LogP contribution in [0.3, 0.4) is 0 Å². The molecular weight excluding hydrogens is 267 g/mol. The maximum Gasteiger partial charge on any atom is 0.127 e. The molecule has 3 heteroatoms. The van der Waals surface area contributed by atoms with Crippen LogP contribution in [0.15, 0.2) is 30.3 Å². The molecule has 0 saturated carbocycles. The summed E-state index contributed by atoms with van der Waals surface area (Å²) in [6.45, 7) is 6.21. The quantitative estimate of drug-likeness (QED) is 0.846. The minimum atomic E-state index is -0.699. The molecule has 1 unspecified atom stereocenters. The van der Waals surface area contributed by atoms with Gasteiger partial charge in [0, 0.05) is 12.0 Å². The Morgan fingerprint density at radius 2 is 1.71 bits per heavy atom. The molecule has 0 radical (unpaired) electrons. The summed E-state index contributed by atoms with van der Waals surface area (Å²) in [6.07, 6.45) is -0.451. The minimum Gasteiger partial charge on any atom is -0.485 e. The maximum absolute atomic E-state index is 13.3. The van der Waals surface area contributed by atoms with Crippen LogP contribution in [-0.2, 0) is 0 Å². The fourth-order valence-corrected chi connectivity index (χ4v) is 2.94. The van der Waals surface area contributed by atoms with Crippen molar-refractivity contribution in [3.63, 3.8) is 0 Å². The lowest BCUT2D eigenvalue weighted by Gasteiger charge is -2.31. The van der Waals surface area contributed by atoms with Crippen molar-refractivity contribution >= 4 is 0 Å². The molecule has 21 heavy (non-hydrogen) atoms. The van der Waals surface area contributed by atoms with E-state index < -0.39 is 6.10 Å². The smallest absolute Gasteiger partial charge is 0.127 e. The molecular formula is C18H19FO2. The van der Waals surface area contributed by atoms with Crippen molar-refractivity contribution in [1.29, 1.82) is 0 Å². The zero-order chi connectivity index (χ0) is 15.1. The second-order valence-electron chi connectivity index (χ2n) is 5.83. The molecule has 1 aliphatic heterocycles. The molecule has 1 heterocycles. The Labute approximate surface area is 124 Å². The van der Waals surface area contributed by atoms with Gasteiger partial charge in [-0.1, -0.05) is 12.1 Å². The average molecular weight is 286 g/mol. The standard InChI is InChI=1S/C18H19FO2/c1-10-6-12(3)14(7-11(10)2)18-9-16(20)15-8-13(19)4-5-17(15)21-18/h4-8,16,18,20H,9H2,1-3H3/t16-,18?/m1/s1. The van der Waals surface area contributed by atoms with Crippen LogP contribution < -0.4 is 4.74 Å². The van der Waals surface area contributed by atoms with Gasteiger partial charge < -0.3 is 9.84 Å². The highest BCUT2D eigenvalue weighted by molar-refractivity contribution is 5.42. The molecule has 1 aliphatic rings. The van der Waals surface area contributed by atoms with Crippen LogP contribution in [0.4, 0.5) is 4.39 Å². The Kier molecular flexibility index (Phi) is 3.46. The van der Waals surface area contributed by atoms with E-state index in [0.29, 0.717) is 17.7 Å². The first-order valence-electron chi connectivity index (χ1n) is 7.17. The van der Waals surface area contributed by atoms with Crippen LogP contribution in [0.5, 0.6) is 5.75 Å². The first-order valence-corrected chi connectivity index (χ1v) is 7.17. The van der Waals surface area contributed by atoms with Crippen LogP contribution in [0, 0.1) is 26.6 Å². The van der Waals surface area contributed by atoms with Gasteiger partial charge in [-0.25, -0.2) is 4.39 Å². The Morgan fingerprint density at radius 3 is 2.48 bits per heavy atom. The summed E-state index contributed by atoms with van der Waals surface area (Å²) in [5.41, 5.74) is 5.23. The second kappa shape index (κ2) is 5.15. The van der Waals surface area contributed by atoms with Crippen molar-refractivity contribution in [2.45, 2.75) is 39.4 Å². The van der Waals surface area contributed by atoms with E-state index in [1.54, 1.807) is 6.07 Å². The normalized spacial score (nSPS) is 20.8. The molecule has 3 rings (SSSR count). The van der Waals surface area contributed by atoms with E-state index in [-0.39, 0.29) is 11.9 Å². The molecule has 0 saturated heterocycles. The van der Waals surface area contributed by atoms with Gasteiger partial charge >= 0.3 is 0 Å². The molecule has 1 N–H and O–H groups in total. The third kappa shape index (κ3) is 2.54. The van der Waals surface area contributed by atoms with Gasteiger partial charge in [0.15, 0.2) is 0 Å².